The van der Waals surface area contributed by atoms with Gasteiger partial charge in [-0.2, -0.15) is 0 Å². The first-order valence-electron chi connectivity index (χ1n) is 17.1. The summed E-state index contributed by atoms with van der Waals surface area (Å²) in [7, 11) is -4.14. The molecular formula is C34H62O6Si2. The monoisotopic (exact) mass is 622 g/mol. The van der Waals surface area contributed by atoms with Crippen LogP contribution in [0.1, 0.15) is 95.9 Å². The lowest BCUT2D eigenvalue weighted by Crippen LogP contribution is -2.76. The quantitative estimate of drug-likeness (QED) is 0.197. The third kappa shape index (κ3) is 4.58. The summed E-state index contributed by atoms with van der Waals surface area (Å²) in [6, 6.07) is 5.99. The highest BCUT2D eigenvalue weighted by molar-refractivity contribution is 6.74. The molecule has 0 spiro atoms. The summed E-state index contributed by atoms with van der Waals surface area (Å²) in [6.45, 7) is 26.5. The number of aliphatic hydroxyl groups is 2. The predicted molar refractivity (Wildman–Crippen MR) is 174 cm³/mol. The fourth-order valence-electron chi connectivity index (χ4n) is 10.3. The molecule has 8 heteroatoms. The number of Topliss-reactive ketones (excluding diaryl/α,β-unsaturated/α-hetero) is 1. The van der Waals surface area contributed by atoms with Gasteiger partial charge in [-0.05, 0) is 73.1 Å². The first-order chi connectivity index (χ1) is 19.5. The summed E-state index contributed by atoms with van der Waals surface area (Å²) in [6.07, 6.45) is -0.862. The van der Waals surface area contributed by atoms with E-state index in [1.54, 1.807) is 0 Å². The average Bonchev–Trinajstić information content (AvgIpc) is 2.96. The van der Waals surface area contributed by atoms with Crippen molar-refractivity contribution in [2.24, 2.45) is 28.1 Å². The number of aliphatic hydroxyl groups excluding tert-OH is 1. The Bertz CT molecular complexity index is 1050. The zero-order valence-electron chi connectivity index (χ0n) is 28.9. The molecule has 1 aliphatic heterocycles. The average molecular weight is 623 g/mol. The SMILES string of the molecule is CC[Si](CC)(CC)O[C@H]1C[C@@]2(O)C(C)C3[C@]4(C)CO[C@@H]4C[C@H](O[Si](CC)(CC)CC)[C@@]3(C)C(=O)[C@H](O)C(=C1C)C2(C)C. The molecule has 9 atom stereocenters. The van der Waals surface area contributed by atoms with Crippen LogP contribution < -0.4 is 0 Å². The highest BCUT2D eigenvalue weighted by Crippen LogP contribution is 2.67. The van der Waals surface area contributed by atoms with Gasteiger partial charge >= 0.3 is 0 Å². The molecule has 0 aromatic heterocycles. The minimum Gasteiger partial charge on any atom is -0.413 e. The van der Waals surface area contributed by atoms with E-state index in [1.165, 1.54) is 0 Å². The maximum atomic E-state index is 15.1. The summed E-state index contributed by atoms with van der Waals surface area (Å²) in [5.41, 5.74) is -1.62. The molecular weight excluding hydrogens is 561 g/mol. The fourth-order valence-corrected chi connectivity index (χ4v) is 16.1. The van der Waals surface area contributed by atoms with Crippen molar-refractivity contribution in [2.45, 2.75) is 162 Å². The van der Waals surface area contributed by atoms with Crippen LogP contribution in [-0.2, 0) is 18.4 Å². The van der Waals surface area contributed by atoms with E-state index in [9.17, 15) is 10.2 Å². The Balaban J connectivity index is 1.95. The van der Waals surface area contributed by atoms with Crippen LogP contribution in [0.4, 0.5) is 0 Å². The maximum absolute atomic E-state index is 15.1. The Morgan fingerprint density at radius 3 is 1.86 bits per heavy atom. The van der Waals surface area contributed by atoms with Gasteiger partial charge < -0.3 is 23.8 Å². The zero-order chi connectivity index (χ0) is 31.7. The molecule has 1 saturated heterocycles. The van der Waals surface area contributed by atoms with Crippen LogP contribution >= 0.6 is 0 Å². The van der Waals surface area contributed by atoms with E-state index in [-0.39, 0.29) is 41.3 Å². The Hall–Kier alpha value is -0.356. The molecule has 4 rings (SSSR count). The second kappa shape index (κ2) is 11.5. The number of fused-ring (bicyclic) bond motifs is 5. The molecule has 0 aromatic rings. The van der Waals surface area contributed by atoms with Crippen molar-refractivity contribution in [1.82, 2.24) is 0 Å². The van der Waals surface area contributed by atoms with Crippen LogP contribution in [0.2, 0.25) is 36.3 Å². The molecule has 242 valence electrons. The first kappa shape index (κ1) is 34.5. The Kier molecular flexibility index (Phi) is 9.42. The molecule has 42 heavy (non-hydrogen) atoms. The summed E-state index contributed by atoms with van der Waals surface area (Å²) < 4.78 is 20.6. The van der Waals surface area contributed by atoms with Crippen LogP contribution in [0.5, 0.6) is 0 Å². The third-order valence-electron chi connectivity index (χ3n) is 13.9. The fraction of sp³-hybridized carbons (Fsp3) is 0.912. The third-order valence-corrected chi connectivity index (χ3v) is 23.2. The molecule has 0 amide bonds. The van der Waals surface area contributed by atoms with E-state index in [2.05, 4.69) is 62.3 Å². The summed E-state index contributed by atoms with van der Waals surface area (Å²) in [4.78, 5) is 15.1. The molecule has 2 saturated carbocycles. The second-order valence-corrected chi connectivity index (χ2v) is 24.9. The molecule has 2 unspecified atom stereocenters. The highest BCUT2D eigenvalue weighted by Gasteiger charge is 2.73. The Labute approximate surface area is 258 Å². The van der Waals surface area contributed by atoms with E-state index in [0.29, 0.717) is 25.0 Å². The molecule has 3 fully saturated rings. The standard InChI is InChI=1S/C34H62O6Si2/c1-13-41(14-2,15-3)39-24-20-34(37)23(8)29-32(11)21-38-25(32)19-26(40-42(16-4,17-5)18-6)33(29,12)30(36)28(35)27(22(24)7)31(34,9)10/h23-26,28-29,35,37H,13-21H2,1-12H3/t23?,24-,25+,26-,28+,29?,32+,33+,34+/m0/s1. The smallest absolute Gasteiger partial charge is 0.192 e. The number of ketones is 1. The molecule has 0 aromatic carbocycles. The zero-order valence-corrected chi connectivity index (χ0v) is 30.9. The van der Waals surface area contributed by atoms with Crippen LogP contribution in [0.15, 0.2) is 11.1 Å². The predicted octanol–water partition coefficient (Wildman–Crippen LogP) is 7.26. The van der Waals surface area contributed by atoms with Crippen LogP contribution in [0.3, 0.4) is 0 Å². The summed E-state index contributed by atoms with van der Waals surface area (Å²) in [5, 5.41) is 25.5. The molecule has 0 radical (unpaired) electrons. The van der Waals surface area contributed by atoms with E-state index >= 15 is 4.79 Å². The van der Waals surface area contributed by atoms with Gasteiger partial charge in [0.05, 0.1) is 35.9 Å². The minimum atomic E-state index is -2.10. The number of ether oxygens (including phenoxy) is 1. The molecule has 2 N–H and O–H groups in total. The van der Waals surface area contributed by atoms with Crippen molar-refractivity contribution in [3.8, 4) is 0 Å². The van der Waals surface area contributed by atoms with Gasteiger partial charge in [-0.1, -0.05) is 69.2 Å². The van der Waals surface area contributed by atoms with Crippen molar-refractivity contribution in [1.29, 1.82) is 0 Å². The largest absolute Gasteiger partial charge is 0.413 e. The van der Waals surface area contributed by atoms with E-state index in [4.69, 9.17) is 13.6 Å². The lowest BCUT2D eigenvalue weighted by Gasteiger charge is -2.69. The van der Waals surface area contributed by atoms with Gasteiger partial charge in [0.2, 0.25) is 0 Å². The highest BCUT2D eigenvalue weighted by atomic mass is 28.4. The second-order valence-electron chi connectivity index (χ2n) is 15.4. The minimum absolute atomic E-state index is 0.0240. The Morgan fingerprint density at radius 2 is 1.40 bits per heavy atom. The lowest BCUT2D eigenvalue weighted by molar-refractivity contribution is -0.300. The van der Waals surface area contributed by atoms with Crippen molar-refractivity contribution in [3.05, 3.63) is 11.1 Å². The summed E-state index contributed by atoms with van der Waals surface area (Å²) >= 11 is 0. The number of carbonyl (C=O) groups excluding carboxylic acids is 1. The molecule has 2 bridgehead atoms. The van der Waals surface area contributed by atoms with Gasteiger partial charge in [0.25, 0.3) is 0 Å². The molecule has 1 heterocycles. The van der Waals surface area contributed by atoms with E-state index in [0.717, 1.165) is 41.8 Å². The van der Waals surface area contributed by atoms with Gasteiger partial charge in [-0.3, -0.25) is 4.79 Å². The van der Waals surface area contributed by atoms with Gasteiger partial charge in [0.1, 0.15) is 6.10 Å². The van der Waals surface area contributed by atoms with Crippen molar-refractivity contribution >= 4 is 22.4 Å². The molecule has 6 nitrogen and oxygen atoms in total. The van der Waals surface area contributed by atoms with Gasteiger partial charge in [-0.15, -0.1) is 0 Å². The van der Waals surface area contributed by atoms with Crippen molar-refractivity contribution in [2.75, 3.05) is 6.61 Å². The van der Waals surface area contributed by atoms with Gasteiger partial charge in [0.15, 0.2) is 22.4 Å². The number of rotatable bonds is 10. The van der Waals surface area contributed by atoms with Crippen LogP contribution in [-0.4, -0.2) is 69.3 Å². The van der Waals surface area contributed by atoms with E-state index < -0.39 is 39.2 Å². The maximum Gasteiger partial charge on any atom is 0.192 e. The summed E-state index contributed by atoms with van der Waals surface area (Å²) in [5.74, 6) is -0.595. The van der Waals surface area contributed by atoms with E-state index in [1.807, 2.05) is 20.8 Å². The molecule has 4 aliphatic rings. The normalized spacial score (nSPS) is 41.9. The van der Waals surface area contributed by atoms with Gasteiger partial charge in [-0.25, -0.2) is 0 Å². The first-order valence-corrected chi connectivity index (χ1v) is 22.2. The van der Waals surface area contributed by atoms with Crippen LogP contribution in [0.25, 0.3) is 0 Å². The number of carbonyl (C=O) groups is 1. The lowest BCUT2D eigenvalue weighted by atomic mass is 9.40. The number of hydrogen-bond donors (Lipinski definition) is 2. The Morgan fingerprint density at radius 1 is 0.905 bits per heavy atom. The topological polar surface area (TPSA) is 85.2 Å². The number of hydrogen-bond acceptors (Lipinski definition) is 6. The van der Waals surface area contributed by atoms with Gasteiger partial charge in [0, 0.05) is 23.7 Å². The molecule has 3 aliphatic carbocycles. The van der Waals surface area contributed by atoms with Crippen LogP contribution in [0, 0.1) is 28.1 Å². The van der Waals surface area contributed by atoms with Crippen molar-refractivity contribution in [3.63, 3.8) is 0 Å². The van der Waals surface area contributed by atoms with Crippen molar-refractivity contribution < 1.29 is 28.6 Å².